The first-order valence-electron chi connectivity index (χ1n) is 6.56. The second-order valence-electron chi connectivity index (χ2n) is 4.40. The zero-order valence-electron chi connectivity index (χ0n) is 11.0. The Hall–Kier alpha value is -1.32. The first-order chi connectivity index (χ1) is 8.21. The molecule has 0 radical (unpaired) electrons. The van der Waals surface area contributed by atoms with E-state index in [0.29, 0.717) is 5.82 Å². The van der Waals surface area contributed by atoms with Gasteiger partial charge in [0, 0.05) is 17.7 Å². The van der Waals surface area contributed by atoms with Gasteiger partial charge in [-0.3, -0.25) is 9.89 Å². The maximum atomic E-state index is 12.0. The van der Waals surface area contributed by atoms with E-state index in [0.717, 1.165) is 37.8 Å². The molecule has 4 nitrogen and oxygen atoms in total. The molecule has 1 aromatic heterocycles. The van der Waals surface area contributed by atoms with Crippen LogP contribution < -0.4 is 5.32 Å². The number of carbonyl (C=O) groups is 1. The van der Waals surface area contributed by atoms with Crippen LogP contribution in [0.4, 0.5) is 5.82 Å². The lowest BCUT2D eigenvalue weighted by Crippen LogP contribution is -2.22. The maximum absolute atomic E-state index is 12.0. The fourth-order valence-electron chi connectivity index (χ4n) is 1.94. The second kappa shape index (κ2) is 7.09. The lowest BCUT2D eigenvalue weighted by atomic mass is 9.97. The minimum Gasteiger partial charge on any atom is -0.309 e. The van der Waals surface area contributed by atoms with Gasteiger partial charge in [-0.2, -0.15) is 5.10 Å². The van der Waals surface area contributed by atoms with E-state index >= 15 is 0 Å². The number of hydrogen-bond acceptors (Lipinski definition) is 2. The summed E-state index contributed by atoms with van der Waals surface area (Å²) in [7, 11) is 0. The lowest BCUT2D eigenvalue weighted by molar-refractivity contribution is -0.120. The quantitative estimate of drug-likeness (QED) is 0.765. The highest BCUT2D eigenvalue weighted by molar-refractivity contribution is 5.91. The monoisotopic (exact) mass is 237 g/mol. The molecule has 0 spiro atoms. The minimum atomic E-state index is 0.0999. The van der Waals surface area contributed by atoms with Crippen molar-refractivity contribution in [1.29, 1.82) is 0 Å². The molecule has 2 N–H and O–H groups in total. The highest BCUT2D eigenvalue weighted by Crippen LogP contribution is 2.16. The Labute approximate surface area is 103 Å². The van der Waals surface area contributed by atoms with Gasteiger partial charge in [0.05, 0.1) is 0 Å². The molecule has 1 rings (SSSR count). The Morgan fingerprint density at radius 1 is 1.35 bits per heavy atom. The summed E-state index contributed by atoms with van der Waals surface area (Å²) in [5.41, 5.74) is 1.04. The van der Waals surface area contributed by atoms with E-state index in [9.17, 15) is 4.79 Å². The minimum absolute atomic E-state index is 0.0999. The van der Waals surface area contributed by atoms with Crippen molar-refractivity contribution < 1.29 is 4.79 Å². The van der Waals surface area contributed by atoms with Crippen molar-refractivity contribution in [3.8, 4) is 0 Å². The number of carbonyl (C=O) groups excluding carboxylic acids is 1. The normalized spacial score (nSPS) is 10.8. The molecule has 0 aliphatic carbocycles. The summed E-state index contributed by atoms with van der Waals surface area (Å²) in [6, 6.07) is 1.90. The van der Waals surface area contributed by atoms with Crippen LogP contribution in [-0.2, 0) is 11.2 Å². The van der Waals surface area contributed by atoms with Gasteiger partial charge in [0.15, 0.2) is 5.82 Å². The van der Waals surface area contributed by atoms with Crippen LogP contribution >= 0.6 is 0 Å². The third-order valence-electron chi connectivity index (χ3n) is 2.91. The summed E-state index contributed by atoms with van der Waals surface area (Å²) < 4.78 is 0. The number of aromatic nitrogens is 2. The molecule has 96 valence electrons. The average Bonchev–Trinajstić information content (AvgIpc) is 2.76. The fraction of sp³-hybridized carbons (Fsp3) is 0.692. The first-order valence-corrected chi connectivity index (χ1v) is 6.56. The van der Waals surface area contributed by atoms with Crippen LogP contribution in [0.5, 0.6) is 0 Å². The molecular formula is C13H23N3O. The van der Waals surface area contributed by atoms with Crippen LogP contribution in [0.15, 0.2) is 6.07 Å². The highest BCUT2D eigenvalue weighted by Gasteiger charge is 2.17. The molecule has 0 saturated heterocycles. The molecule has 0 aromatic carbocycles. The molecule has 0 atom stereocenters. The number of amides is 1. The molecule has 0 bridgehead atoms. The van der Waals surface area contributed by atoms with E-state index in [2.05, 4.69) is 36.3 Å². The maximum Gasteiger partial charge on any atom is 0.228 e. The summed E-state index contributed by atoms with van der Waals surface area (Å²) in [4.78, 5) is 12.0. The number of rotatable bonds is 7. The van der Waals surface area contributed by atoms with Crippen molar-refractivity contribution in [2.75, 3.05) is 5.32 Å². The number of anilines is 1. The summed E-state index contributed by atoms with van der Waals surface area (Å²) in [6.07, 6.45) is 4.88. The van der Waals surface area contributed by atoms with Crippen molar-refractivity contribution in [3.63, 3.8) is 0 Å². The van der Waals surface area contributed by atoms with E-state index in [1.54, 1.807) is 0 Å². The SMILES string of the molecule is CCCC(CCC)C(=O)Nc1cc(CC)[nH]n1. The Morgan fingerprint density at radius 2 is 2.00 bits per heavy atom. The van der Waals surface area contributed by atoms with Gasteiger partial charge in [-0.05, 0) is 19.3 Å². The predicted octanol–water partition coefficient (Wildman–Crippen LogP) is 3.13. The summed E-state index contributed by atoms with van der Waals surface area (Å²) in [6.45, 7) is 6.27. The molecule has 17 heavy (non-hydrogen) atoms. The van der Waals surface area contributed by atoms with Crippen LogP contribution in [0.2, 0.25) is 0 Å². The molecule has 4 heteroatoms. The van der Waals surface area contributed by atoms with E-state index in [1.165, 1.54) is 0 Å². The average molecular weight is 237 g/mol. The topological polar surface area (TPSA) is 57.8 Å². The number of aromatic amines is 1. The van der Waals surface area contributed by atoms with Crippen molar-refractivity contribution in [2.45, 2.75) is 52.9 Å². The molecule has 0 fully saturated rings. The van der Waals surface area contributed by atoms with Crippen molar-refractivity contribution in [3.05, 3.63) is 11.8 Å². The van der Waals surface area contributed by atoms with Crippen molar-refractivity contribution in [1.82, 2.24) is 10.2 Å². The fourth-order valence-corrected chi connectivity index (χ4v) is 1.94. The van der Waals surface area contributed by atoms with Gasteiger partial charge in [0.1, 0.15) is 0 Å². The van der Waals surface area contributed by atoms with E-state index < -0.39 is 0 Å². The van der Waals surface area contributed by atoms with Crippen LogP contribution in [0.25, 0.3) is 0 Å². The van der Waals surface area contributed by atoms with Crippen molar-refractivity contribution in [2.24, 2.45) is 5.92 Å². The zero-order valence-corrected chi connectivity index (χ0v) is 11.0. The number of hydrogen-bond donors (Lipinski definition) is 2. The highest BCUT2D eigenvalue weighted by atomic mass is 16.1. The Balaban J connectivity index is 2.56. The molecule has 1 heterocycles. The van der Waals surface area contributed by atoms with Gasteiger partial charge in [0.25, 0.3) is 0 Å². The van der Waals surface area contributed by atoms with Crippen LogP contribution in [0, 0.1) is 5.92 Å². The molecule has 0 saturated carbocycles. The Bertz CT molecular complexity index is 340. The van der Waals surface area contributed by atoms with E-state index in [1.807, 2.05) is 6.07 Å². The number of nitrogens with one attached hydrogen (secondary N) is 2. The lowest BCUT2D eigenvalue weighted by Gasteiger charge is -2.13. The number of aryl methyl sites for hydroxylation is 1. The Kier molecular flexibility index (Phi) is 5.73. The zero-order chi connectivity index (χ0) is 12.7. The molecular weight excluding hydrogens is 214 g/mol. The van der Waals surface area contributed by atoms with Gasteiger partial charge in [-0.25, -0.2) is 0 Å². The summed E-state index contributed by atoms with van der Waals surface area (Å²) >= 11 is 0. The summed E-state index contributed by atoms with van der Waals surface area (Å²) in [5, 5.41) is 9.86. The third kappa shape index (κ3) is 4.21. The number of nitrogens with zero attached hydrogens (tertiary/aromatic N) is 1. The van der Waals surface area contributed by atoms with Gasteiger partial charge in [-0.15, -0.1) is 0 Å². The van der Waals surface area contributed by atoms with Gasteiger partial charge < -0.3 is 5.32 Å². The molecule has 1 aromatic rings. The van der Waals surface area contributed by atoms with Crippen LogP contribution in [0.3, 0.4) is 0 Å². The largest absolute Gasteiger partial charge is 0.309 e. The predicted molar refractivity (Wildman–Crippen MR) is 69.9 cm³/mol. The van der Waals surface area contributed by atoms with Crippen LogP contribution in [-0.4, -0.2) is 16.1 Å². The first kappa shape index (κ1) is 13.7. The Morgan fingerprint density at radius 3 is 2.47 bits per heavy atom. The molecule has 0 aliphatic heterocycles. The molecule has 1 amide bonds. The standard InChI is InChI=1S/C13H23N3O/c1-4-7-10(8-5-2)13(17)14-12-9-11(6-3)15-16-12/h9-10H,4-8H2,1-3H3,(H2,14,15,16,17). The smallest absolute Gasteiger partial charge is 0.228 e. The van der Waals surface area contributed by atoms with Gasteiger partial charge in [0.2, 0.25) is 5.91 Å². The van der Waals surface area contributed by atoms with E-state index in [-0.39, 0.29) is 11.8 Å². The van der Waals surface area contributed by atoms with Gasteiger partial charge >= 0.3 is 0 Å². The second-order valence-corrected chi connectivity index (χ2v) is 4.40. The van der Waals surface area contributed by atoms with Crippen LogP contribution in [0.1, 0.15) is 52.1 Å². The van der Waals surface area contributed by atoms with Gasteiger partial charge in [-0.1, -0.05) is 33.6 Å². The van der Waals surface area contributed by atoms with E-state index in [4.69, 9.17) is 0 Å². The number of H-pyrrole nitrogens is 1. The molecule has 0 unspecified atom stereocenters. The van der Waals surface area contributed by atoms with Crippen molar-refractivity contribution >= 4 is 11.7 Å². The third-order valence-corrected chi connectivity index (χ3v) is 2.91. The summed E-state index contributed by atoms with van der Waals surface area (Å²) in [5.74, 6) is 0.860. The molecule has 0 aliphatic rings.